The summed E-state index contributed by atoms with van der Waals surface area (Å²) < 4.78 is 16.2. The minimum absolute atomic E-state index is 0.0119. The predicted molar refractivity (Wildman–Crippen MR) is 117 cm³/mol. The van der Waals surface area contributed by atoms with Crippen molar-refractivity contribution >= 4 is 46.9 Å². The van der Waals surface area contributed by atoms with E-state index in [0.29, 0.717) is 11.5 Å². The summed E-state index contributed by atoms with van der Waals surface area (Å²) in [5.74, 6) is -0.685. The van der Waals surface area contributed by atoms with Crippen LogP contribution in [0.5, 0.6) is 11.5 Å². The van der Waals surface area contributed by atoms with E-state index in [9.17, 15) is 24.5 Å². The average molecular weight is 482 g/mol. The molecular formula is C22H12ClN3O8. The Morgan fingerprint density at radius 2 is 1.82 bits per heavy atom. The van der Waals surface area contributed by atoms with Gasteiger partial charge in [-0.25, -0.2) is 9.69 Å². The predicted octanol–water partition coefficient (Wildman–Crippen LogP) is 3.90. The molecule has 0 saturated carbocycles. The quantitative estimate of drug-likeness (QED) is 0.256. The zero-order valence-electron chi connectivity index (χ0n) is 16.9. The van der Waals surface area contributed by atoms with E-state index in [1.807, 2.05) is 0 Å². The Kier molecular flexibility index (Phi) is 5.02. The Bertz CT molecular complexity index is 1430. The lowest BCUT2D eigenvalue weighted by Crippen LogP contribution is -2.54. The van der Waals surface area contributed by atoms with Crippen LogP contribution in [0.15, 0.2) is 58.5 Å². The van der Waals surface area contributed by atoms with Crippen molar-refractivity contribution in [2.45, 2.75) is 0 Å². The second-order valence-corrected chi connectivity index (χ2v) is 7.53. The summed E-state index contributed by atoms with van der Waals surface area (Å²) in [6, 6.07) is 10.4. The molecule has 1 aromatic heterocycles. The molecule has 0 unspecified atom stereocenters. The van der Waals surface area contributed by atoms with E-state index < -0.39 is 22.8 Å². The van der Waals surface area contributed by atoms with Crippen molar-refractivity contribution in [3.63, 3.8) is 0 Å². The molecule has 5 rings (SSSR count). The topological polar surface area (TPSA) is 141 Å². The maximum atomic E-state index is 13.1. The van der Waals surface area contributed by atoms with Gasteiger partial charge < -0.3 is 13.9 Å². The molecule has 3 aromatic rings. The highest BCUT2D eigenvalue weighted by molar-refractivity contribution is 6.39. The van der Waals surface area contributed by atoms with Gasteiger partial charge in [-0.2, -0.15) is 0 Å². The summed E-state index contributed by atoms with van der Waals surface area (Å²) in [6.45, 7) is 0.0119. The van der Waals surface area contributed by atoms with E-state index in [2.05, 4.69) is 5.32 Å². The molecule has 1 saturated heterocycles. The number of barbiturate groups is 1. The normalized spacial score (nSPS) is 16.2. The van der Waals surface area contributed by atoms with Crippen LogP contribution in [0.1, 0.15) is 5.76 Å². The number of urea groups is 1. The summed E-state index contributed by atoms with van der Waals surface area (Å²) in [6.07, 6.45) is 1.17. The number of nitro groups is 1. The van der Waals surface area contributed by atoms with Gasteiger partial charge >= 0.3 is 6.03 Å². The van der Waals surface area contributed by atoms with Gasteiger partial charge in [0, 0.05) is 23.8 Å². The molecule has 2 aliphatic heterocycles. The number of fused-ring (bicyclic) bond motifs is 1. The van der Waals surface area contributed by atoms with Gasteiger partial charge in [0.25, 0.3) is 17.5 Å². The number of nitro benzene ring substituents is 1. The third-order valence-electron chi connectivity index (χ3n) is 5.06. The number of hydrogen-bond acceptors (Lipinski definition) is 8. The Morgan fingerprint density at radius 3 is 2.62 bits per heavy atom. The molecule has 3 heterocycles. The van der Waals surface area contributed by atoms with E-state index in [-0.39, 0.29) is 45.8 Å². The van der Waals surface area contributed by atoms with Crippen molar-refractivity contribution in [3.8, 4) is 22.8 Å². The lowest BCUT2D eigenvalue weighted by molar-refractivity contribution is -0.384. The Morgan fingerprint density at radius 1 is 1.03 bits per heavy atom. The zero-order valence-corrected chi connectivity index (χ0v) is 17.7. The number of anilines is 1. The van der Waals surface area contributed by atoms with Crippen LogP contribution in [-0.4, -0.2) is 29.6 Å². The highest BCUT2D eigenvalue weighted by Crippen LogP contribution is 2.37. The first-order chi connectivity index (χ1) is 16.3. The summed E-state index contributed by atoms with van der Waals surface area (Å²) in [5.41, 5.74) is -0.107. The maximum absolute atomic E-state index is 13.1. The highest BCUT2D eigenvalue weighted by atomic mass is 35.5. The number of imide groups is 2. The molecule has 0 atom stereocenters. The molecule has 0 aliphatic carbocycles. The lowest BCUT2D eigenvalue weighted by atomic mass is 10.1. The van der Waals surface area contributed by atoms with Crippen molar-refractivity contribution in [1.82, 2.24) is 5.32 Å². The molecule has 4 amide bonds. The van der Waals surface area contributed by atoms with Gasteiger partial charge in [0.05, 0.1) is 15.6 Å². The molecule has 0 spiro atoms. The molecule has 2 aromatic carbocycles. The largest absolute Gasteiger partial charge is 0.457 e. The number of furan rings is 1. The second-order valence-electron chi connectivity index (χ2n) is 7.12. The SMILES string of the molecule is O=C1NC(=O)N(c2ccc3c(c2)OCO3)C(=O)/C1=C/c1ccc(-c2cc([N+](=O)[O-])ccc2Cl)o1. The van der Waals surface area contributed by atoms with E-state index in [4.69, 9.17) is 25.5 Å². The van der Waals surface area contributed by atoms with Crippen molar-refractivity contribution < 1.29 is 33.2 Å². The summed E-state index contributed by atoms with van der Waals surface area (Å²) in [5, 5.41) is 13.4. The molecular weight excluding hydrogens is 470 g/mol. The van der Waals surface area contributed by atoms with Crippen molar-refractivity contribution in [2.24, 2.45) is 0 Å². The number of benzene rings is 2. The Labute approximate surface area is 195 Å². The molecule has 11 nitrogen and oxygen atoms in total. The first-order valence-corrected chi connectivity index (χ1v) is 10.0. The molecule has 34 heavy (non-hydrogen) atoms. The van der Waals surface area contributed by atoms with Crippen molar-refractivity contribution in [2.75, 3.05) is 11.7 Å². The van der Waals surface area contributed by atoms with E-state index >= 15 is 0 Å². The number of rotatable bonds is 4. The molecule has 2 aliphatic rings. The van der Waals surface area contributed by atoms with Gasteiger partial charge in [0.1, 0.15) is 17.1 Å². The molecule has 1 fully saturated rings. The van der Waals surface area contributed by atoms with Gasteiger partial charge in [-0.3, -0.25) is 25.0 Å². The first kappa shape index (κ1) is 21.2. The zero-order chi connectivity index (χ0) is 24.0. The van der Waals surface area contributed by atoms with Crippen LogP contribution in [-0.2, 0) is 9.59 Å². The van der Waals surface area contributed by atoms with E-state index in [1.54, 1.807) is 6.07 Å². The van der Waals surface area contributed by atoms with Crippen LogP contribution in [0, 0.1) is 10.1 Å². The molecule has 0 bridgehead atoms. The van der Waals surface area contributed by atoms with Crippen LogP contribution in [0.3, 0.4) is 0 Å². The number of hydrogen-bond donors (Lipinski definition) is 1. The Balaban J connectivity index is 1.48. The van der Waals surface area contributed by atoms with Crippen LogP contribution >= 0.6 is 11.6 Å². The van der Waals surface area contributed by atoms with E-state index in [0.717, 1.165) is 4.90 Å². The molecule has 1 N–H and O–H groups in total. The summed E-state index contributed by atoms with van der Waals surface area (Å²) in [7, 11) is 0. The molecule has 170 valence electrons. The van der Waals surface area contributed by atoms with Gasteiger partial charge in [-0.1, -0.05) is 11.6 Å². The Hall–Kier alpha value is -4.64. The number of nitrogens with one attached hydrogen (secondary N) is 1. The average Bonchev–Trinajstić information content (AvgIpc) is 3.46. The lowest BCUT2D eigenvalue weighted by Gasteiger charge is -2.26. The number of ether oxygens (including phenoxy) is 2. The third kappa shape index (κ3) is 3.63. The number of non-ortho nitro benzene ring substituents is 1. The second kappa shape index (κ2) is 8.05. The summed E-state index contributed by atoms with van der Waals surface area (Å²) >= 11 is 6.15. The minimum atomic E-state index is -0.922. The monoisotopic (exact) mass is 481 g/mol. The van der Waals surface area contributed by atoms with Gasteiger partial charge in [0.2, 0.25) is 6.79 Å². The minimum Gasteiger partial charge on any atom is -0.457 e. The van der Waals surface area contributed by atoms with Crippen LogP contribution in [0.4, 0.5) is 16.2 Å². The van der Waals surface area contributed by atoms with Crippen molar-refractivity contribution in [1.29, 1.82) is 0 Å². The molecule has 0 radical (unpaired) electrons. The fraction of sp³-hybridized carbons (Fsp3) is 0.0455. The smallest absolute Gasteiger partial charge is 0.335 e. The van der Waals surface area contributed by atoms with Crippen molar-refractivity contribution in [3.05, 3.63) is 75.0 Å². The van der Waals surface area contributed by atoms with E-state index in [1.165, 1.54) is 48.5 Å². The number of halogens is 1. The van der Waals surface area contributed by atoms with Crippen LogP contribution in [0.2, 0.25) is 5.02 Å². The first-order valence-electron chi connectivity index (χ1n) is 9.67. The molecule has 12 heteroatoms. The standard InChI is InChI=1S/C22H12ClN3O8/c23-16-4-1-12(26(30)31)7-14(16)17-6-3-13(34-17)9-15-20(27)24-22(29)25(21(15)28)11-2-5-18-19(8-11)33-10-32-18/h1-9H,10H2,(H,24,27,29)/b15-9+. The van der Waals surface area contributed by atoms with Gasteiger partial charge in [-0.15, -0.1) is 0 Å². The number of amides is 4. The fourth-order valence-corrected chi connectivity index (χ4v) is 3.66. The maximum Gasteiger partial charge on any atom is 0.335 e. The highest BCUT2D eigenvalue weighted by Gasteiger charge is 2.37. The number of carbonyl (C=O) groups excluding carboxylic acids is 3. The van der Waals surface area contributed by atoms with Crippen LogP contribution in [0.25, 0.3) is 17.4 Å². The van der Waals surface area contributed by atoms with Gasteiger partial charge in [0.15, 0.2) is 11.5 Å². The number of carbonyl (C=O) groups is 3. The third-order valence-corrected chi connectivity index (χ3v) is 5.39. The fourth-order valence-electron chi connectivity index (χ4n) is 3.45. The van der Waals surface area contributed by atoms with Crippen LogP contribution < -0.4 is 19.7 Å². The van der Waals surface area contributed by atoms with Gasteiger partial charge in [-0.05, 0) is 36.4 Å². The summed E-state index contributed by atoms with van der Waals surface area (Å²) in [4.78, 5) is 49.2. The number of nitrogens with zero attached hydrogens (tertiary/aromatic N) is 2.